The van der Waals surface area contributed by atoms with Gasteiger partial charge in [-0.3, -0.25) is 4.79 Å². The quantitative estimate of drug-likeness (QED) is 0.866. The molecule has 1 amide bonds. The number of hydrogen-bond acceptors (Lipinski definition) is 4. The monoisotopic (exact) mass is 313 g/mol. The molecule has 122 valence electrons. The minimum absolute atomic E-state index is 0.0184. The fraction of sp³-hybridized carbons (Fsp3) is 0.500. The number of amides is 1. The first kappa shape index (κ1) is 15.7. The molecule has 1 aromatic heterocycles. The van der Waals surface area contributed by atoms with Gasteiger partial charge in [-0.2, -0.15) is 4.98 Å². The molecule has 2 heterocycles. The van der Waals surface area contributed by atoms with Gasteiger partial charge in [0.25, 0.3) is 0 Å². The van der Waals surface area contributed by atoms with E-state index in [-0.39, 0.29) is 17.9 Å². The Bertz CT molecular complexity index is 676. The standard InChI is InChI=1S/C18H23N3O2/c1-12(2)18(22)21-11-5-4-6-15(21)17-19-16(20-23-17)14-9-7-13(3)8-10-14/h7-10,12,15H,4-6,11H2,1-3H3/t15-/m1/s1. The summed E-state index contributed by atoms with van der Waals surface area (Å²) in [6.45, 7) is 6.67. The highest BCUT2D eigenvalue weighted by Crippen LogP contribution is 2.32. The second-order valence-corrected chi connectivity index (χ2v) is 6.52. The fourth-order valence-electron chi connectivity index (χ4n) is 2.97. The van der Waals surface area contributed by atoms with Gasteiger partial charge >= 0.3 is 0 Å². The van der Waals surface area contributed by atoms with E-state index in [9.17, 15) is 4.79 Å². The van der Waals surface area contributed by atoms with E-state index in [2.05, 4.69) is 10.1 Å². The summed E-state index contributed by atoms with van der Waals surface area (Å²) in [6, 6.07) is 7.94. The number of carbonyl (C=O) groups excluding carboxylic acids is 1. The van der Waals surface area contributed by atoms with Crippen molar-refractivity contribution in [3.05, 3.63) is 35.7 Å². The van der Waals surface area contributed by atoms with Gasteiger partial charge in [0.1, 0.15) is 6.04 Å². The van der Waals surface area contributed by atoms with Crippen LogP contribution in [0.1, 0.15) is 50.6 Å². The van der Waals surface area contributed by atoms with Crippen LogP contribution in [0.5, 0.6) is 0 Å². The molecule has 0 saturated carbocycles. The third-order valence-corrected chi connectivity index (χ3v) is 4.32. The van der Waals surface area contributed by atoms with Gasteiger partial charge in [0.05, 0.1) is 0 Å². The fourth-order valence-corrected chi connectivity index (χ4v) is 2.97. The molecule has 3 rings (SSSR count). The Morgan fingerprint density at radius 2 is 2.00 bits per heavy atom. The van der Waals surface area contributed by atoms with Crippen LogP contribution >= 0.6 is 0 Å². The van der Waals surface area contributed by atoms with Crippen LogP contribution in [0.25, 0.3) is 11.4 Å². The lowest BCUT2D eigenvalue weighted by Crippen LogP contribution is -2.40. The Hall–Kier alpha value is -2.17. The molecule has 1 aromatic carbocycles. The first-order valence-electron chi connectivity index (χ1n) is 8.27. The molecule has 1 atom stereocenters. The van der Waals surface area contributed by atoms with Crippen LogP contribution < -0.4 is 0 Å². The van der Waals surface area contributed by atoms with Gasteiger partial charge < -0.3 is 9.42 Å². The molecular weight excluding hydrogens is 290 g/mol. The summed E-state index contributed by atoms with van der Waals surface area (Å²) >= 11 is 0. The molecule has 0 N–H and O–H groups in total. The molecule has 5 heteroatoms. The van der Waals surface area contributed by atoms with E-state index in [0.29, 0.717) is 11.7 Å². The SMILES string of the molecule is Cc1ccc(-c2noc([C@H]3CCCCN3C(=O)C(C)C)n2)cc1. The molecule has 2 aromatic rings. The zero-order chi connectivity index (χ0) is 16.4. The van der Waals surface area contributed by atoms with Crippen molar-refractivity contribution in [2.24, 2.45) is 5.92 Å². The van der Waals surface area contributed by atoms with Gasteiger partial charge in [0.2, 0.25) is 17.6 Å². The number of hydrogen-bond donors (Lipinski definition) is 0. The zero-order valence-corrected chi connectivity index (χ0v) is 14.0. The smallest absolute Gasteiger partial charge is 0.249 e. The van der Waals surface area contributed by atoms with Gasteiger partial charge in [0, 0.05) is 18.0 Å². The van der Waals surface area contributed by atoms with Crippen LogP contribution in [0.3, 0.4) is 0 Å². The van der Waals surface area contributed by atoms with Crippen molar-refractivity contribution in [3.8, 4) is 11.4 Å². The second kappa shape index (κ2) is 6.52. The molecule has 1 saturated heterocycles. The van der Waals surface area contributed by atoms with Crippen molar-refractivity contribution in [3.63, 3.8) is 0 Å². The maximum absolute atomic E-state index is 12.4. The molecular formula is C18H23N3O2. The summed E-state index contributed by atoms with van der Waals surface area (Å²) in [5, 5.41) is 4.11. The Kier molecular flexibility index (Phi) is 4.46. The summed E-state index contributed by atoms with van der Waals surface area (Å²) in [5.41, 5.74) is 2.13. The lowest BCUT2D eigenvalue weighted by molar-refractivity contribution is -0.139. The highest BCUT2D eigenvalue weighted by atomic mass is 16.5. The van der Waals surface area contributed by atoms with Crippen molar-refractivity contribution in [1.82, 2.24) is 15.0 Å². The Morgan fingerprint density at radius 3 is 2.70 bits per heavy atom. The third-order valence-electron chi connectivity index (χ3n) is 4.32. The van der Waals surface area contributed by atoms with E-state index in [0.717, 1.165) is 31.4 Å². The molecule has 0 radical (unpaired) electrons. The normalized spacial score (nSPS) is 18.4. The first-order chi connectivity index (χ1) is 11.1. The lowest BCUT2D eigenvalue weighted by atomic mass is 10.00. The Balaban J connectivity index is 1.85. The average Bonchev–Trinajstić information content (AvgIpc) is 3.04. The van der Waals surface area contributed by atoms with Gasteiger partial charge in [-0.25, -0.2) is 0 Å². The molecule has 5 nitrogen and oxygen atoms in total. The van der Waals surface area contributed by atoms with Gasteiger partial charge in [0.15, 0.2) is 0 Å². The lowest BCUT2D eigenvalue weighted by Gasteiger charge is -2.34. The van der Waals surface area contributed by atoms with Crippen molar-refractivity contribution >= 4 is 5.91 Å². The average molecular weight is 313 g/mol. The van der Waals surface area contributed by atoms with Gasteiger partial charge in [-0.1, -0.05) is 48.8 Å². The minimum Gasteiger partial charge on any atom is -0.337 e. The molecule has 0 aliphatic carbocycles. The highest BCUT2D eigenvalue weighted by Gasteiger charge is 2.33. The number of piperidine rings is 1. The summed E-state index contributed by atoms with van der Waals surface area (Å²) in [5.74, 6) is 1.27. The number of nitrogens with zero attached hydrogens (tertiary/aromatic N) is 3. The topological polar surface area (TPSA) is 59.2 Å². The zero-order valence-electron chi connectivity index (χ0n) is 14.0. The van der Waals surface area contributed by atoms with Crippen molar-refractivity contribution < 1.29 is 9.32 Å². The van der Waals surface area contributed by atoms with E-state index in [1.807, 2.05) is 49.9 Å². The molecule has 1 aliphatic rings. The minimum atomic E-state index is -0.0923. The number of likely N-dealkylation sites (tertiary alicyclic amines) is 1. The summed E-state index contributed by atoms with van der Waals surface area (Å²) in [6.07, 6.45) is 3.00. The van der Waals surface area contributed by atoms with Crippen molar-refractivity contribution in [2.45, 2.75) is 46.1 Å². The molecule has 1 aliphatic heterocycles. The summed E-state index contributed by atoms with van der Waals surface area (Å²) < 4.78 is 5.49. The van der Waals surface area contributed by atoms with Crippen molar-refractivity contribution in [2.75, 3.05) is 6.54 Å². The number of benzene rings is 1. The summed E-state index contributed by atoms with van der Waals surface area (Å²) in [7, 11) is 0. The highest BCUT2D eigenvalue weighted by molar-refractivity contribution is 5.78. The first-order valence-corrected chi connectivity index (χ1v) is 8.27. The van der Waals surface area contributed by atoms with E-state index in [1.165, 1.54) is 5.56 Å². The van der Waals surface area contributed by atoms with Crippen LogP contribution in [-0.2, 0) is 4.79 Å². The van der Waals surface area contributed by atoms with Crippen LogP contribution in [0.15, 0.2) is 28.8 Å². The Morgan fingerprint density at radius 1 is 1.26 bits per heavy atom. The molecule has 1 fully saturated rings. The predicted octanol–water partition coefficient (Wildman–Crippen LogP) is 3.75. The second-order valence-electron chi connectivity index (χ2n) is 6.52. The largest absolute Gasteiger partial charge is 0.337 e. The van der Waals surface area contributed by atoms with Crippen LogP contribution in [0, 0.1) is 12.8 Å². The maximum atomic E-state index is 12.4. The number of carbonyl (C=O) groups is 1. The molecule has 23 heavy (non-hydrogen) atoms. The number of aryl methyl sites for hydroxylation is 1. The molecule has 0 spiro atoms. The Labute approximate surface area is 136 Å². The van der Waals surface area contributed by atoms with E-state index >= 15 is 0 Å². The van der Waals surface area contributed by atoms with Crippen LogP contribution in [-0.4, -0.2) is 27.5 Å². The molecule has 0 bridgehead atoms. The summed E-state index contributed by atoms with van der Waals surface area (Å²) in [4.78, 5) is 18.9. The number of rotatable bonds is 3. The maximum Gasteiger partial charge on any atom is 0.249 e. The van der Waals surface area contributed by atoms with E-state index in [4.69, 9.17) is 4.52 Å². The van der Waals surface area contributed by atoms with E-state index in [1.54, 1.807) is 0 Å². The third kappa shape index (κ3) is 3.28. The van der Waals surface area contributed by atoms with Crippen molar-refractivity contribution in [1.29, 1.82) is 0 Å². The predicted molar refractivity (Wildman–Crippen MR) is 87.6 cm³/mol. The van der Waals surface area contributed by atoms with Gasteiger partial charge in [-0.15, -0.1) is 0 Å². The van der Waals surface area contributed by atoms with Gasteiger partial charge in [-0.05, 0) is 26.2 Å². The van der Waals surface area contributed by atoms with E-state index < -0.39 is 0 Å². The molecule has 0 unspecified atom stereocenters. The van der Waals surface area contributed by atoms with Crippen LogP contribution in [0.4, 0.5) is 0 Å². The number of aromatic nitrogens is 2. The van der Waals surface area contributed by atoms with Crippen LogP contribution in [0.2, 0.25) is 0 Å².